The fraction of sp³-hybridized carbons (Fsp3) is 0.0606. The zero-order chi connectivity index (χ0) is 24.9. The number of hydrogen-bond donors (Lipinski definition) is 0. The lowest BCUT2D eigenvalue weighted by atomic mass is 9.90. The molecule has 1 heterocycles. The summed E-state index contributed by atoms with van der Waals surface area (Å²) in [5, 5.41) is 33.2. The zero-order valence-electron chi connectivity index (χ0n) is 19.9. The van der Waals surface area contributed by atoms with Crippen molar-refractivity contribution in [3.8, 4) is 12.1 Å². The Labute approximate surface area is 214 Å². The molecule has 0 aliphatic carbocycles. The van der Waals surface area contributed by atoms with E-state index in [2.05, 4.69) is 71.7 Å². The van der Waals surface area contributed by atoms with E-state index in [-0.39, 0.29) is 6.04 Å². The highest BCUT2D eigenvalue weighted by molar-refractivity contribution is 6.23. The van der Waals surface area contributed by atoms with E-state index in [0.29, 0.717) is 11.1 Å². The molecule has 1 aliphatic rings. The average molecular weight is 473 g/mol. The Morgan fingerprint density at radius 2 is 1.19 bits per heavy atom. The molecule has 0 aromatic heterocycles. The second-order valence-corrected chi connectivity index (χ2v) is 9.51. The van der Waals surface area contributed by atoms with Crippen LogP contribution in [0.2, 0.25) is 0 Å². The van der Waals surface area contributed by atoms with E-state index in [1.54, 1.807) is 0 Å². The Morgan fingerprint density at radius 1 is 0.649 bits per heavy atom. The van der Waals surface area contributed by atoms with Gasteiger partial charge in [-0.25, -0.2) is 0 Å². The molecule has 0 saturated carbocycles. The Bertz CT molecular complexity index is 1860. The third-order valence-electron chi connectivity index (χ3n) is 7.39. The van der Waals surface area contributed by atoms with Crippen LogP contribution in [0.5, 0.6) is 0 Å². The summed E-state index contributed by atoms with van der Waals surface area (Å²) in [6.45, 7) is 0. The highest BCUT2D eigenvalue weighted by Gasteiger charge is 2.30. The van der Waals surface area contributed by atoms with Crippen LogP contribution in [0.1, 0.15) is 34.7 Å². The largest absolute Gasteiger partial charge is 0.257 e. The van der Waals surface area contributed by atoms with Crippen LogP contribution >= 0.6 is 0 Å². The summed E-state index contributed by atoms with van der Waals surface area (Å²) in [7, 11) is 0. The molecule has 172 valence electrons. The van der Waals surface area contributed by atoms with Crippen LogP contribution in [0, 0.1) is 22.7 Å². The van der Waals surface area contributed by atoms with Crippen molar-refractivity contribution in [2.75, 3.05) is 5.01 Å². The van der Waals surface area contributed by atoms with Crippen molar-refractivity contribution in [1.82, 2.24) is 0 Å². The van der Waals surface area contributed by atoms with Gasteiger partial charge in [-0.15, -0.1) is 0 Å². The molecular formula is C33H20N4. The van der Waals surface area contributed by atoms with Crippen molar-refractivity contribution < 1.29 is 0 Å². The maximum absolute atomic E-state index is 9.27. The number of rotatable bonds is 3. The highest BCUT2D eigenvalue weighted by Crippen LogP contribution is 2.41. The highest BCUT2D eigenvalue weighted by atomic mass is 15.5. The minimum absolute atomic E-state index is 0.000460. The fourth-order valence-corrected chi connectivity index (χ4v) is 5.58. The van der Waals surface area contributed by atoms with E-state index in [1.165, 1.54) is 37.9 Å². The van der Waals surface area contributed by atoms with Gasteiger partial charge in [-0.3, -0.25) is 5.01 Å². The van der Waals surface area contributed by atoms with Crippen LogP contribution < -0.4 is 5.01 Å². The third-order valence-corrected chi connectivity index (χ3v) is 7.39. The lowest BCUT2D eigenvalue weighted by Crippen LogP contribution is -2.18. The first-order valence-corrected chi connectivity index (χ1v) is 12.3. The number of nitrogens with zero attached hydrogens (tertiary/aromatic N) is 4. The molecule has 0 radical (unpaired) electrons. The Balaban J connectivity index is 1.38. The molecule has 1 atom stereocenters. The predicted octanol–water partition coefficient (Wildman–Crippen LogP) is 7.68. The molecule has 4 nitrogen and oxygen atoms in total. The monoisotopic (exact) mass is 472 g/mol. The average Bonchev–Trinajstić information content (AvgIpc) is 3.41. The van der Waals surface area contributed by atoms with E-state index in [1.807, 2.05) is 48.5 Å². The smallest absolute Gasteiger partial charge is 0.0991 e. The molecule has 1 unspecified atom stereocenters. The van der Waals surface area contributed by atoms with Crippen LogP contribution in [0.25, 0.3) is 32.3 Å². The second kappa shape index (κ2) is 8.19. The molecule has 0 amide bonds. The molecule has 37 heavy (non-hydrogen) atoms. The van der Waals surface area contributed by atoms with E-state index in [0.717, 1.165) is 23.4 Å². The second-order valence-electron chi connectivity index (χ2n) is 9.51. The molecule has 1 aliphatic heterocycles. The van der Waals surface area contributed by atoms with Gasteiger partial charge in [0.15, 0.2) is 0 Å². The van der Waals surface area contributed by atoms with E-state index in [4.69, 9.17) is 5.10 Å². The molecule has 0 N–H and O–H groups in total. The van der Waals surface area contributed by atoms with E-state index in [9.17, 15) is 10.5 Å². The van der Waals surface area contributed by atoms with Crippen LogP contribution in [0.15, 0.2) is 108 Å². The summed E-state index contributed by atoms with van der Waals surface area (Å²) >= 11 is 0. The van der Waals surface area contributed by atoms with Crippen LogP contribution in [0.3, 0.4) is 0 Å². The topological polar surface area (TPSA) is 63.2 Å². The summed E-state index contributed by atoms with van der Waals surface area (Å²) in [5.74, 6) is 0. The lowest BCUT2D eigenvalue weighted by molar-refractivity contribution is 0.710. The maximum atomic E-state index is 9.27. The Kier molecular flexibility index (Phi) is 4.68. The predicted molar refractivity (Wildman–Crippen MR) is 149 cm³/mol. The molecule has 6 aromatic carbocycles. The summed E-state index contributed by atoms with van der Waals surface area (Å²) in [6.07, 6.45) is 0.736. The summed E-state index contributed by atoms with van der Waals surface area (Å²) in [6, 6.07) is 39.5. The van der Waals surface area contributed by atoms with Gasteiger partial charge in [-0.2, -0.15) is 15.6 Å². The number of benzene rings is 6. The van der Waals surface area contributed by atoms with Crippen molar-refractivity contribution in [2.45, 2.75) is 12.5 Å². The third kappa shape index (κ3) is 3.39. The molecular weight excluding hydrogens is 452 g/mol. The van der Waals surface area contributed by atoms with Crippen molar-refractivity contribution in [3.63, 3.8) is 0 Å². The summed E-state index contributed by atoms with van der Waals surface area (Å²) in [5.41, 5.74) is 5.38. The minimum Gasteiger partial charge on any atom is -0.257 e. The quantitative estimate of drug-likeness (QED) is 0.248. The molecule has 0 fully saturated rings. The van der Waals surface area contributed by atoms with Gasteiger partial charge in [0, 0.05) is 6.42 Å². The van der Waals surface area contributed by atoms with Crippen molar-refractivity contribution >= 4 is 43.7 Å². The number of anilines is 1. The first-order chi connectivity index (χ1) is 18.2. The Hall–Kier alpha value is -5.19. The van der Waals surface area contributed by atoms with E-state index < -0.39 is 0 Å². The summed E-state index contributed by atoms with van der Waals surface area (Å²) < 4.78 is 0. The molecule has 6 aromatic rings. The SMILES string of the molecule is N#Cc1ccc(C2=NN(c3ccc(C#N)cc3)C(c3cc4ccc5cccc6ccc(c3)c4c56)C2)cc1. The van der Waals surface area contributed by atoms with Crippen LogP contribution in [-0.4, -0.2) is 5.71 Å². The number of hydrogen-bond acceptors (Lipinski definition) is 4. The van der Waals surface area contributed by atoms with Crippen molar-refractivity contribution in [1.29, 1.82) is 10.5 Å². The van der Waals surface area contributed by atoms with Gasteiger partial charge in [0.05, 0.1) is 40.7 Å². The van der Waals surface area contributed by atoms with Crippen molar-refractivity contribution in [3.05, 3.63) is 125 Å². The molecule has 4 heteroatoms. The van der Waals surface area contributed by atoms with Crippen LogP contribution in [0.4, 0.5) is 5.69 Å². The van der Waals surface area contributed by atoms with Gasteiger partial charge in [0.25, 0.3) is 0 Å². The lowest BCUT2D eigenvalue weighted by Gasteiger charge is -2.25. The van der Waals surface area contributed by atoms with Crippen LogP contribution in [-0.2, 0) is 0 Å². The normalized spacial score (nSPS) is 15.2. The molecule has 7 rings (SSSR count). The first-order valence-electron chi connectivity index (χ1n) is 12.3. The van der Waals surface area contributed by atoms with Gasteiger partial charge in [-0.1, -0.05) is 54.6 Å². The van der Waals surface area contributed by atoms with Gasteiger partial charge in [-0.05, 0) is 92.0 Å². The van der Waals surface area contributed by atoms with Crippen molar-refractivity contribution in [2.24, 2.45) is 5.10 Å². The molecule has 0 spiro atoms. The molecule has 0 saturated heterocycles. The van der Waals surface area contributed by atoms with E-state index >= 15 is 0 Å². The number of nitriles is 2. The fourth-order valence-electron chi connectivity index (χ4n) is 5.58. The maximum Gasteiger partial charge on any atom is 0.0991 e. The van der Waals surface area contributed by atoms with Gasteiger partial charge in [0.1, 0.15) is 0 Å². The molecule has 0 bridgehead atoms. The first kappa shape index (κ1) is 21.1. The summed E-state index contributed by atoms with van der Waals surface area (Å²) in [4.78, 5) is 0. The Morgan fingerprint density at radius 3 is 1.78 bits per heavy atom. The van der Waals surface area contributed by atoms with Gasteiger partial charge in [0.2, 0.25) is 0 Å². The van der Waals surface area contributed by atoms with Gasteiger partial charge < -0.3 is 0 Å². The number of hydrazone groups is 1. The standard InChI is InChI=1S/C33H20N4/c34-19-21-4-8-23(9-5-21)30-18-31(37(36-30)29-14-6-22(20-35)7-15-29)28-16-26-12-10-24-2-1-3-25-11-13-27(17-28)33(26)32(24)25/h1-17,31H,18H2. The van der Waals surface area contributed by atoms with Gasteiger partial charge >= 0.3 is 0 Å². The zero-order valence-corrected chi connectivity index (χ0v) is 19.9. The minimum atomic E-state index is 0.000460.